The van der Waals surface area contributed by atoms with Crippen LogP contribution in [0.1, 0.15) is 0 Å². The largest absolute Gasteiger partial charge is 0.298 e. The summed E-state index contributed by atoms with van der Waals surface area (Å²) in [5.74, 6) is 0. The number of thiazole rings is 1. The van der Waals surface area contributed by atoms with Crippen molar-refractivity contribution in [2.24, 2.45) is 0 Å². The van der Waals surface area contributed by atoms with E-state index in [0.29, 0.717) is 0 Å². The quantitative estimate of drug-likeness (QED) is 0.242. The number of aromatic nitrogens is 4. The van der Waals surface area contributed by atoms with E-state index in [2.05, 4.69) is 89.5 Å². The molecule has 0 saturated heterocycles. The molecule has 8 aromatic rings. The Labute approximate surface area is 222 Å². The molecule has 4 aromatic carbocycles. The van der Waals surface area contributed by atoms with Gasteiger partial charge in [-0.2, -0.15) is 0 Å². The third kappa shape index (κ3) is 3.33. The van der Waals surface area contributed by atoms with Crippen LogP contribution in [0.4, 0.5) is 0 Å². The first kappa shape index (κ1) is 21.2. The number of imidazole rings is 1. The highest BCUT2D eigenvalue weighted by molar-refractivity contribution is 7.21. The first-order valence-corrected chi connectivity index (χ1v) is 13.4. The topological polar surface area (TPSA) is 43.1 Å². The Bertz CT molecular complexity index is 2100. The van der Waals surface area contributed by atoms with Crippen LogP contribution >= 0.6 is 11.3 Å². The van der Waals surface area contributed by atoms with Crippen molar-refractivity contribution < 1.29 is 0 Å². The van der Waals surface area contributed by atoms with Gasteiger partial charge < -0.3 is 0 Å². The molecule has 38 heavy (non-hydrogen) atoms. The number of nitrogens with zero attached hydrogens (tertiary/aromatic N) is 4. The average molecular weight is 505 g/mol. The molecule has 0 N–H and O–H groups in total. The van der Waals surface area contributed by atoms with Crippen molar-refractivity contribution in [3.8, 4) is 33.0 Å². The standard InChI is InChI=1S/C33H20N4S/c1-2-11-26-25(10-1)31-32(37-19-6-5-14-29(37)36-31)30(34-26)22-17-15-21(16-18-22)23-8-7-9-24(20-23)33-35-27-12-3-4-13-28(27)38-33/h1-20H. The van der Waals surface area contributed by atoms with Gasteiger partial charge in [-0.1, -0.05) is 78.9 Å². The Kier molecular flexibility index (Phi) is 4.66. The van der Waals surface area contributed by atoms with Crippen LogP contribution < -0.4 is 0 Å². The van der Waals surface area contributed by atoms with Gasteiger partial charge in [-0.05, 0) is 47.5 Å². The van der Waals surface area contributed by atoms with E-state index < -0.39 is 0 Å². The molecule has 0 aliphatic rings. The maximum Gasteiger partial charge on any atom is 0.137 e. The van der Waals surface area contributed by atoms with Crippen molar-refractivity contribution in [3.05, 3.63) is 121 Å². The summed E-state index contributed by atoms with van der Waals surface area (Å²) in [6.45, 7) is 0. The fourth-order valence-electron chi connectivity index (χ4n) is 5.20. The van der Waals surface area contributed by atoms with Crippen LogP contribution in [0.5, 0.6) is 0 Å². The molecule has 0 fully saturated rings. The van der Waals surface area contributed by atoms with Crippen LogP contribution in [0.2, 0.25) is 0 Å². The predicted molar refractivity (Wildman–Crippen MR) is 157 cm³/mol. The molecule has 0 bridgehead atoms. The van der Waals surface area contributed by atoms with Crippen molar-refractivity contribution in [2.75, 3.05) is 0 Å². The van der Waals surface area contributed by atoms with E-state index in [1.54, 1.807) is 11.3 Å². The monoisotopic (exact) mass is 504 g/mol. The first-order chi connectivity index (χ1) is 18.8. The second kappa shape index (κ2) is 8.33. The average Bonchev–Trinajstić information content (AvgIpc) is 3.59. The van der Waals surface area contributed by atoms with Gasteiger partial charge in [0, 0.05) is 22.7 Å². The van der Waals surface area contributed by atoms with Gasteiger partial charge in [-0.15, -0.1) is 11.3 Å². The molecular formula is C33H20N4S. The van der Waals surface area contributed by atoms with E-state index in [9.17, 15) is 0 Å². The number of pyridine rings is 2. The maximum absolute atomic E-state index is 5.11. The minimum Gasteiger partial charge on any atom is -0.298 e. The van der Waals surface area contributed by atoms with Crippen LogP contribution in [-0.2, 0) is 0 Å². The molecule has 0 amide bonds. The van der Waals surface area contributed by atoms with Gasteiger partial charge in [-0.3, -0.25) is 4.40 Å². The van der Waals surface area contributed by atoms with Gasteiger partial charge in [0.2, 0.25) is 0 Å². The zero-order valence-corrected chi connectivity index (χ0v) is 21.1. The van der Waals surface area contributed by atoms with Gasteiger partial charge in [-0.25, -0.2) is 15.0 Å². The summed E-state index contributed by atoms with van der Waals surface area (Å²) < 4.78 is 3.35. The van der Waals surface area contributed by atoms with Crippen molar-refractivity contribution in [1.82, 2.24) is 19.4 Å². The van der Waals surface area contributed by atoms with Crippen LogP contribution in [0.3, 0.4) is 0 Å². The summed E-state index contributed by atoms with van der Waals surface area (Å²) in [7, 11) is 0. The minimum absolute atomic E-state index is 0.921. The molecule has 178 valence electrons. The number of para-hydroxylation sites is 2. The Balaban J connectivity index is 1.24. The molecule has 0 aliphatic heterocycles. The molecule has 4 heterocycles. The highest BCUT2D eigenvalue weighted by Crippen LogP contribution is 2.35. The Morgan fingerprint density at radius 1 is 0.553 bits per heavy atom. The molecule has 0 radical (unpaired) electrons. The fourth-order valence-corrected chi connectivity index (χ4v) is 6.17. The lowest BCUT2D eigenvalue weighted by Crippen LogP contribution is -1.92. The normalized spacial score (nSPS) is 11.7. The second-order valence-electron chi connectivity index (χ2n) is 9.36. The summed E-state index contributed by atoms with van der Waals surface area (Å²) in [5.41, 5.74) is 10.4. The second-order valence-corrected chi connectivity index (χ2v) is 10.4. The van der Waals surface area contributed by atoms with Crippen LogP contribution in [0, 0.1) is 0 Å². The SMILES string of the molecule is c1cc(-c2ccc(-c3nc4ccccc4c4nc5ccccn5c34)cc2)cc(-c2nc3ccccc3s2)c1. The van der Waals surface area contributed by atoms with E-state index >= 15 is 0 Å². The first-order valence-electron chi connectivity index (χ1n) is 12.5. The van der Waals surface area contributed by atoms with Crippen molar-refractivity contribution in [3.63, 3.8) is 0 Å². The molecule has 0 saturated carbocycles. The van der Waals surface area contributed by atoms with Crippen LogP contribution in [0.15, 0.2) is 121 Å². The van der Waals surface area contributed by atoms with Gasteiger partial charge >= 0.3 is 0 Å². The lowest BCUT2D eigenvalue weighted by molar-refractivity contribution is 1.22. The molecule has 0 atom stereocenters. The van der Waals surface area contributed by atoms with Crippen molar-refractivity contribution in [2.45, 2.75) is 0 Å². The van der Waals surface area contributed by atoms with Crippen LogP contribution in [-0.4, -0.2) is 19.4 Å². The maximum atomic E-state index is 5.11. The summed E-state index contributed by atoms with van der Waals surface area (Å²) in [5, 5.41) is 2.11. The van der Waals surface area contributed by atoms with E-state index in [1.165, 1.54) is 10.3 Å². The highest BCUT2D eigenvalue weighted by Gasteiger charge is 2.16. The lowest BCUT2D eigenvalue weighted by atomic mass is 10.00. The smallest absolute Gasteiger partial charge is 0.137 e. The summed E-state index contributed by atoms with van der Waals surface area (Å²) >= 11 is 1.73. The molecular weight excluding hydrogens is 484 g/mol. The Morgan fingerprint density at radius 2 is 1.32 bits per heavy atom. The number of rotatable bonds is 3. The molecule has 0 unspecified atom stereocenters. The van der Waals surface area contributed by atoms with Gasteiger partial charge in [0.15, 0.2) is 0 Å². The molecule has 0 spiro atoms. The van der Waals surface area contributed by atoms with Gasteiger partial charge in [0.1, 0.15) is 16.2 Å². The Hall–Kier alpha value is -4.87. The minimum atomic E-state index is 0.921. The van der Waals surface area contributed by atoms with E-state index in [4.69, 9.17) is 15.0 Å². The molecule has 4 aromatic heterocycles. The van der Waals surface area contributed by atoms with Crippen molar-refractivity contribution in [1.29, 1.82) is 0 Å². The zero-order valence-electron chi connectivity index (χ0n) is 20.2. The van der Waals surface area contributed by atoms with E-state index in [0.717, 1.165) is 60.5 Å². The molecule has 0 aliphatic carbocycles. The van der Waals surface area contributed by atoms with Crippen LogP contribution in [0.25, 0.3) is 70.8 Å². The van der Waals surface area contributed by atoms with E-state index in [1.807, 2.05) is 36.4 Å². The van der Waals surface area contributed by atoms with Gasteiger partial charge in [0.25, 0.3) is 0 Å². The number of benzene rings is 4. The lowest BCUT2D eigenvalue weighted by Gasteiger charge is -2.09. The molecule has 5 heteroatoms. The highest BCUT2D eigenvalue weighted by atomic mass is 32.1. The molecule has 4 nitrogen and oxygen atoms in total. The van der Waals surface area contributed by atoms with E-state index in [-0.39, 0.29) is 0 Å². The summed E-state index contributed by atoms with van der Waals surface area (Å²) in [6.07, 6.45) is 2.06. The fraction of sp³-hybridized carbons (Fsp3) is 0. The third-order valence-electron chi connectivity index (χ3n) is 7.04. The summed E-state index contributed by atoms with van der Waals surface area (Å²) in [4.78, 5) is 14.9. The Morgan fingerprint density at radius 3 is 2.21 bits per heavy atom. The summed E-state index contributed by atoms with van der Waals surface area (Å²) in [6, 6.07) is 39.9. The third-order valence-corrected chi connectivity index (χ3v) is 8.13. The predicted octanol–water partition coefficient (Wildman–Crippen LogP) is 8.65. The van der Waals surface area contributed by atoms with Gasteiger partial charge in [0.05, 0.1) is 26.9 Å². The number of hydrogen-bond acceptors (Lipinski definition) is 4. The number of hydrogen-bond donors (Lipinski definition) is 0. The zero-order chi connectivity index (χ0) is 25.1. The number of fused-ring (bicyclic) bond motifs is 6. The van der Waals surface area contributed by atoms with Crippen molar-refractivity contribution >= 4 is 49.1 Å². The molecule has 8 rings (SSSR count).